The summed E-state index contributed by atoms with van der Waals surface area (Å²) in [4.78, 5) is 10.8. The molecule has 2 fully saturated rings. The van der Waals surface area contributed by atoms with E-state index in [4.69, 9.17) is 9.84 Å². The van der Waals surface area contributed by atoms with Gasteiger partial charge in [-0.3, -0.25) is 4.79 Å². The van der Waals surface area contributed by atoms with E-state index in [0.29, 0.717) is 12.8 Å². The average molecular weight is 433 g/mol. The molecule has 150 valence electrons. The molecule has 2 unspecified atom stereocenters. The molecule has 1 aliphatic heterocycles. The van der Waals surface area contributed by atoms with Crippen LogP contribution in [0.5, 0.6) is 0 Å². The van der Waals surface area contributed by atoms with Crippen molar-refractivity contribution in [2.24, 2.45) is 11.8 Å². The Balaban J connectivity index is 1.82. The molecule has 0 bridgehead atoms. The summed E-state index contributed by atoms with van der Waals surface area (Å²) in [6.45, 7) is 2.15. The van der Waals surface area contributed by atoms with Crippen molar-refractivity contribution in [2.75, 3.05) is 0 Å². The second kappa shape index (κ2) is 10.8. The quantitative estimate of drug-likeness (QED) is 0.263. The molecule has 0 spiro atoms. The second-order valence-electron chi connectivity index (χ2n) is 7.74. The van der Waals surface area contributed by atoms with Gasteiger partial charge in [0.1, 0.15) is 0 Å². The van der Waals surface area contributed by atoms with Crippen LogP contribution in [0.4, 0.5) is 0 Å². The molecule has 7 atom stereocenters. The van der Waals surface area contributed by atoms with E-state index in [1.165, 1.54) is 0 Å². The van der Waals surface area contributed by atoms with Crippen LogP contribution in [0, 0.1) is 11.8 Å². The van der Waals surface area contributed by atoms with E-state index in [0.717, 1.165) is 38.5 Å². The molecule has 1 aliphatic carbocycles. The van der Waals surface area contributed by atoms with Gasteiger partial charge < -0.3 is 20.1 Å². The molecule has 26 heavy (non-hydrogen) atoms. The first-order chi connectivity index (χ1) is 12.4. The van der Waals surface area contributed by atoms with E-state index >= 15 is 0 Å². The maximum absolute atomic E-state index is 10.6. The van der Waals surface area contributed by atoms with Gasteiger partial charge in [0, 0.05) is 23.6 Å². The molecule has 2 aliphatic rings. The van der Waals surface area contributed by atoms with Crippen molar-refractivity contribution in [3.8, 4) is 0 Å². The minimum Gasteiger partial charge on any atom is -0.481 e. The first-order valence-electron chi connectivity index (χ1n) is 9.98. The molecule has 0 radical (unpaired) electrons. The lowest BCUT2D eigenvalue weighted by atomic mass is 9.89. The number of carbonyl (C=O) groups is 1. The minimum absolute atomic E-state index is 0.0320. The molecule has 0 aromatic carbocycles. The fraction of sp³-hybridized carbons (Fsp3) is 0.850. The van der Waals surface area contributed by atoms with Crippen molar-refractivity contribution in [1.29, 1.82) is 0 Å². The number of carboxylic acid groups (broad SMARTS) is 1. The average Bonchev–Trinajstić information content (AvgIpc) is 3.10. The topological polar surface area (TPSA) is 87.0 Å². The Morgan fingerprint density at radius 3 is 2.73 bits per heavy atom. The summed E-state index contributed by atoms with van der Waals surface area (Å²) in [5, 5.41) is 29.2. The largest absolute Gasteiger partial charge is 0.481 e. The molecule has 1 heterocycles. The van der Waals surface area contributed by atoms with Gasteiger partial charge in [-0.05, 0) is 31.6 Å². The van der Waals surface area contributed by atoms with Crippen molar-refractivity contribution < 1.29 is 24.9 Å². The molecule has 0 aromatic heterocycles. The predicted molar refractivity (Wildman–Crippen MR) is 104 cm³/mol. The number of ether oxygens (including phenoxy) is 1. The number of halogens is 1. The number of carboxylic acids is 1. The SMILES string of the molecule is CCCCC[C@H](O)C=C[C@@H]1[C@H]2CC(C(Br)CCCC(=O)O)O[C@@H]2C[C@H]1O. The standard InChI is InChI=1S/C20H33BrO5/c1-2-3-4-6-13(22)9-10-14-15-11-19(26-18(15)12-17(14)23)16(21)7-5-8-20(24)25/h9-10,13-19,22-23H,2-8,11-12H2,1H3,(H,24,25)/t13-,14+,15+,16?,17+,18+,19?/m0/s1. The fourth-order valence-electron chi connectivity index (χ4n) is 4.21. The monoisotopic (exact) mass is 432 g/mol. The van der Waals surface area contributed by atoms with E-state index in [2.05, 4.69) is 22.9 Å². The van der Waals surface area contributed by atoms with Gasteiger partial charge >= 0.3 is 5.97 Å². The molecule has 5 nitrogen and oxygen atoms in total. The Labute approximate surface area is 164 Å². The maximum Gasteiger partial charge on any atom is 0.303 e. The predicted octanol–water partition coefficient (Wildman–Crippen LogP) is 3.66. The highest BCUT2D eigenvalue weighted by atomic mass is 79.9. The lowest BCUT2D eigenvalue weighted by Gasteiger charge is -2.21. The third kappa shape index (κ3) is 6.32. The van der Waals surface area contributed by atoms with E-state index in [9.17, 15) is 15.0 Å². The van der Waals surface area contributed by atoms with Gasteiger partial charge in [-0.25, -0.2) is 0 Å². The summed E-state index contributed by atoms with van der Waals surface area (Å²) < 4.78 is 6.14. The van der Waals surface area contributed by atoms with E-state index in [-0.39, 0.29) is 35.3 Å². The van der Waals surface area contributed by atoms with Crippen molar-refractivity contribution >= 4 is 21.9 Å². The Hall–Kier alpha value is -0.430. The van der Waals surface area contributed by atoms with Gasteiger partial charge in [0.25, 0.3) is 0 Å². The zero-order valence-electron chi connectivity index (χ0n) is 15.6. The first kappa shape index (κ1) is 21.9. The summed E-state index contributed by atoms with van der Waals surface area (Å²) in [6.07, 6.45) is 10.3. The number of aliphatic hydroxyl groups is 2. The third-order valence-electron chi connectivity index (χ3n) is 5.68. The Kier molecular flexibility index (Phi) is 9.07. The van der Waals surface area contributed by atoms with Crippen molar-refractivity contribution in [3.05, 3.63) is 12.2 Å². The van der Waals surface area contributed by atoms with Gasteiger partial charge in [0.15, 0.2) is 0 Å². The normalized spacial score (nSPS) is 33.5. The molecule has 0 aromatic rings. The molecule has 0 amide bonds. The third-order valence-corrected chi connectivity index (χ3v) is 6.72. The van der Waals surface area contributed by atoms with Crippen LogP contribution in [0.1, 0.15) is 64.7 Å². The minimum atomic E-state index is -0.764. The van der Waals surface area contributed by atoms with Crippen LogP contribution >= 0.6 is 15.9 Å². The van der Waals surface area contributed by atoms with E-state index in [1.54, 1.807) is 0 Å². The molecule has 1 saturated heterocycles. The van der Waals surface area contributed by atoms with Crippen molar-refractivity contribution in [2.45, 2.75) is 94.0 Å². The number of aliphatic carboxylic acids is 1. The van der Waals surface area contributed by atoms with Crippen LogP contribution < -0.4 is 0 Å². The summed E-state index contributed by atoms with van der Waals surface area (Å²) in [6, 6.07) is 0. The lowest BCUT2D eigenvalue weighted by molar-refractivity contribution is -0.137. The summed E-state index contributed by atoms with van der Waals surface area (Å²) in [5.74, 6) is -0.460. The number of rotatable bonds is 11. The van der Waals surface area contributed by atoms with Gasteiger partial charge in [0.2, 0.25) is 0 Å². The van der Waals surface area contributed by atoms with Crippen LogP contribution in [-0.2, 0) is 9.53 Å². The van der Waals surface area contributed by atoms with E-state index in [1.807, 2.05) is 12.2 Å². The highest BCUT2D eigenvalue weighted by Crippen LogP contribution is 2.46. The number of fused-ring (bicyclic) bond motifs is 1. The van der Waals surface area contributed by atoms with Gasteiger partial charge in [0.05, 0.1) is 24.4 Å². The van der Waals surface area contributed by atoms with Gasteiger partial charge in [-0.1, -0.05) is 54.3 Å². The van der Waals surface area contributed by atoms with Crippen LogP contribution in [0.3, 0.4) is 0 Å². The summed E-state index contributed by atoms with van der Waals surface area (Å²) >= 11 is 3.66. The molecule has 6 heteroatoms. The molecule has 2 rings (SSSR count). The van der Waals surface area contributed by atoms with Crippen molar-refractivity contribution in [1.82, 2.24) is 0 Å². The van der Waals surface area contributed by atoms with Crippen LogP contribution in [0.15, 0.2) is 12.2 Å². The number of alkyl halides is 1. The molecular formula is C20H33BrO5. The van der Waals surface area contributed by atoms with Crippen LogP contribution in [-0.4, -0.2) is 50.5 Å². The Morgan fingerprint density at radius 2 is 2.04 bits per heavy atom. The second-order valence-corrected chi connectivity index (χ2v) is 8.92. The van der Waals surface area contributed by atoms with Crippen LogP contribution in [0.25, 0.3) is 0 Å². The maximum atomic E-state index is 10.6. The molecule has 1 saturated carbocycles. The Bertz CT molecular complexity index is 469. The Morgan fingerprint density at radius 1 is 1.27 bits per heavy atom. The van der Waals surface area contributed by atoms with Gasteiger partial charge in [-0.15, -0.1) is 0 Å². The molecular weight excluding hydrogens is 400 g/mol. The summed E-state index contributed by atoms with van der Waals surface area (Å²) in [7, 11) is 0. The van der Waals surface area contributed by atoms with Crippen LogP contribution in [0.2, 0.25) is 0 Å². The smallest absolute Gasteiger partial charge is 0.303 e. The first-order valence-corrected chi connectivity index (χ1v) is 10.9. The highest BCUT2D eigenvalue weighted by Gasteiger charge is 2.49. The fourth-order valence-corrected chi connectivity index (χ4v) is 4.88. The number of hydrogen-bond donors (Lipinski definition) is 3. The van der Waals surface area contributed by atoms with Crippen molar-refractivity contribution in [3.63, 3.8) is 0 Å². The van der Waals surface area contributed by atoms with E-state index < -0.39 is 18.2 Å². The molecule has 3 N–H and O–H groups in total. The summed E-state index contributed by atoms with van der Waals surface area (Å²) in [5.41, 5.74) is 0. The number of unbranched alkanes of at least 4 members (excludes halogenated alkanes) is 2. The zero-order valence-corrected chi connectivity index (χ0v) is 17.2. The number of hydrogen-bond acceptors (Lipinski definition) is 4. The van der Waals surface area contributed by atoms with Gasteiger partial charge in [-0.2, -0.15) is 0 Å². The number of aliphatic hydroxyl groups excluding tert-OH is 2. The lowest BCUT2D eigenvalue weighted by Crippen LogP contribution is -2.24. The highest BCUT2D eigenvalue weighted by molar-refractivity contribution is 9.09. The zero-order chi connectivity index (χ0) is 19.1.